The second-order valence-electron chi connectivity index (χ2n) is 5.30. The third-order valence-electron chi connectivity index (χ3n) is 3.79. The lowest BCUT2D eigenvalue weighted by Gasteiger charge is -2.08. The van der Waals surface area contributed by atoms with Gasteiger partial charge in [0.15, 0.2) is 0 Å². The van der Waals surface area contributed by atoms with Crippen molar-refractivity contribution in [1.29, 1.82) is 0 Å². The first kappa shape index (κ1) is 16.8. The lowest BCUT2D eigenvalue weighted by Crippen LogP contribution is -2.26. The Labute approximate surface area is 145 Å². The second-order valence-corrected chi connectivity index (χ2v) is 7.45. The van der Waals surface area contributed by atoms with E-state index in [9.17, 15) is 8.42 Å². The number of nitrogens with one attached hydrogen (secondary N) is 2. The number of sulfonamides is 1. The molecule has 0 aliphatic heterocycles. The molecular weight excluding hydrogens is 348 g/mol. The molecule has 0 saturated heterocycles. The zero-order valence-electron chi connectivity index (χ0n) is 13.0. The Morgan fingerprint density at radius 3 is 2.75 bits per heavy atom. The first-order valence-corrected chi connectivity index (χ1v) is 9.25. The van der Waals surface area contributed by atoms with Crippen LogP contribution >= 0.6 is 11.6 Å². The van der Waals surface area contributed by atoms with E-state index in [1.807, 2.05) is 24.4 Å². The predicted octanol–water partition coefficient (Wildman–Crippen LogP) is 3.35. The molecule has 24 heavy (non-hydrogen) atoms. The minimum atomic E-state index is -3.63. The summed E-state index contributed by atoms with van der Waals surface area (Å²) in [5, 5.41) is 1.23. The largest absolute Gasteiger partial charge is 0.497 e. The molecule has 7 heteroatoms. The molecule has 0 spiro atoms. The van der Waals surface area contributed by atoms with Gasteiger partial charge in [-0.05, 0) is 42.3 Å². The van der Waals surface area contributed by atoms with Gasteiger partial charge in [-0.15, -0.1) is 0 Å². The summed E-state index contributed by atoms with van der Waals surface area (Å²) in [5.74, 6) is 0.764. The van der Waals surface area contributed by atoms with Crippen molar-refractivity contribution >= 4 is 32.5 Å². The summed E-state index contributed by atoms with van der Waals surface area (Å²) in [6, 6.07) is 12.1. The summed E-state index contributed by atoms with van der Waals surface area (Å²) in [7, 11) is -2.01. The van der Waals surface area contributed by atoms with Gasteiger partial charge in [0.1, 0.15) is 10.6 Å². The van der Waals surface area contributed by atoms with Crippen LogP contribution in [0.2, 0.25) is 5.02 Å². The Morgan fingerprint density at radius 2 is 2.00 bits per heavy atom. The molecule has 1 heterocycles. The number of benzene rings is 2. The molecule has 0 atom stereocenters. The van der Waals surface area contributed by atoms with Crippen LogP contribution in [0.15, 0.2) is 53.6 Å². The Balaban J connectivity index is 1.74. The lowest BCUT2D eigenvalue weighted by molar-refractivity contribution is 0.415. The standard InChI is InChI=1S/C17H17ClN2O3S/c1-23-13-6-7-16-14(10-13)12(11-19-16)8-9-20-24(21,22)17-5-3-2-4-15(17)18/h2-7,10-11,19-20H,8-9H2,1H3. The van der Waals surface area contributed by atoms with E-state index in [-0.39, 0.29) is 16.5 Å². The molecule has 3 rings (SSSR count). The third-order valence-corrected chi connectivity index (χ3v) is 5.75. The highest BCUT2D eigenvalue weighted by atomic mass is 35.5. The number of hydrogen-bond donors (Lipinski definition) is 2. The van der Waals surface area contributed by atoms with E-state index < -0.39 is 10.0 Å². The van der Waals surface area contributed by atoms with Gasteiger partial charge in [0.2, 0.25) is 10.0 Å². The van der Waals surface area contributed by atoms with Crippen LogP contribution in [0.4, 0.5) is 0 Å². The Kier molecular flexibility index (Phi) is 4.80. The number of aromatic nitrogens is 1. The quantitative estimate of drug-likeness (QED) is 0.704. The minimum Gasteiger partial charge on any atom is -0.497 e. The van der Waals surface area contributed by atoms with Crippen LogP contribution in [0.25, 0.3) is 10.9 Å². The van der Waals surface area contributed by atoms with Crippen LogP contribution in [0.5, 0.6) is 5.75 Å². The summed E-state index contributed by atoms with van der Waals surface area (Å²) in [6.07, 6.45) is 2.44. The van der Waals surface area contributed by atoms with E-state index in [4.69, 9.17) is 16.3 Å². The molecule has 2 N–H and O–H groups in total. The Bertz CT molecular complexity index is 967. The van der Waals surface area contributed by atoms with Crippen molar-refractivity contribution < 1.29 is 13.2 Å². The molecule has 0 amide bonds. The SMILES string of the molecule is COc1ccc2[nH]cc(CCNS(=O)(=O)c3ccccc3Cl)c2c1. The van der Waals surface area contributed by atoms with Gasteiger partial charge in [0, 0.05) is 23.6 Å². The topological polar surface area (TPSA) is 71.2 Å². The van der Waals surface area contributed by atoms with Crippen LogP contribution in [0.1, 0.15) is 5.56 Å². The molecule has 2 aromatic carbocycles. The fourth-order valence-corrected chi connectivity index (χ4v) is 4.10. The number of hydrogen-bond acceptors (Lipinski definition) is 3. The van der Waals surface area contributed by atoms with Gasteiger partial charge >= 0.3 is 0 Å². The van der Waals surface area contributed by atoms with Crippen molar-refractivity contribution in [2.75, 3.05) is 13.7 Å². The molecule has 0 aliphatic rings. The van der Waals surface area contributed by atoms with Crippen LogP contribution in [0, 0.1) is 0 Å². The molecular formula is C17H17ClN2O3S. The maximum absolute atomic E-state index is 12.3. The van der Waals surface area contributed by atoms with Crippen molar-refractivity contribution in [2.24, 2.45) is 0 Å². The van der Waals surface area contributed by atoms with E-state index in [0.717, 1.165) is 22.2 Å². The normalized spacial score (nSPS) is 11.8. The monoisotopic (exact) mass is 364 g/mol. The van der Waals surface area contributed by atoms with Gasteiger partial charge in [-0.2, -0.15) is 0 Å². The highest BCUT2D eigenvalue weighted by molar-refractivity contribution is 7.89. The van der Waals surface area contributed by atoms with Crippen molar-refractivity contribution in [3.05, 3.63) is 59.2 Å². The number of methoxy groups -OCH3 is 1. The molecule has 3 aromatic rings. The van der Waals surface area contributed by atoms with Crippen molar-refractivity contribution in [3.63, 3.8) is 0 Å². The number of aromatic amines is 1. The number of H-pyrrole nitrogens is 1. The number of fused-ring (bicyclic) bond motifs is 1. The fourth-order valence-electron chi connectivity index (χ4n) is 2.55. The molecule has 1 aromatic heterocycles. The molecule has 0 aliphatic carbocycles. The van der Waals surface area contributed by atoms with E-state index in [0.29, 0.717) is 6.42 Å². The van der Waals surface area contributed by atoms with E-state index in [2.05, 4.69) is 9.71 Å². The lowest BCUT2D eigenvalue weighted by atomic mass is 10.1. The molecule has 0 radical (unpaired) electrons. The maximum Gasteiger partial charge on any atom is 0.242 e. The van der Waals surface area contributed by atoms with Crippen molar-refractivity contribution in [2.45, 2.75) is 11.3 Å². The minimum absolute atomic E-state index is 0.0901. The average Bonchev–Trinajstić information content (AvgIpc) is 2.97. The first-order chi connectivity index (χ1) is 11.5. The van der Waals surface area contributed by atoms with E-state index in [1.165, 1.54) is 6.07 Å². The van der Waals surface area contributed by atoms with Crippen LogP contribution < -0.4 is 9.46 Å². The smallest absolute Gasteiger partial charge is 0.242 e. The van der Waals surface area contributed by atoms with E-state index in [1.54, 1.807) is 25.3 Å². The molecule has 5 nitrogen and oxygen atoms in total. The van der Waals surface area contributed by atoms with E-state index >= 15 is 0 Å². The van der Waals surface area contributed by atoms with Crippen molar-refractivity contribution in [1.82, 2.24) is 9.71 Å². The van der Waals surface area contributed by atoms with Gasteiger partial charge in [-0.1, -0.05) is 23.7 Å². The van der Waals surface area contributed by atoms with Crippen LogP contribution in [-0.2, 0) is 16.4 Å². The molecule has 0 fully saturated rings. The van der Waals surface area contributed by atoms with Crippen LogP contribution in [0.3, 0.4) is 0 Å². The summed E-state index contributed by atoms with van der Waals surface area (Å²) < 4.78 is 32.5. The van der Waals surface area contributed by atoms with Crippen LogP contribution in [-0.4, -0.2) is 27.1 Å². The van der Waals surface area contributed by atoms with Crippen molar-refractivity contribution in [3.8, 4) is 5.75 Å². The van der Waals surface area contributed by atoms with Gasteiger partial charge in [0.05, 0.1) is 12.1 Å². The number of halogens is 1. The summed E-state index contributed by atoms with van der Waals surface area (Å²) in [4.78, 5) is 3.26. The average molecular weight is 365 g/mol. The summed E-state index contributed by atoms with van der Waals surface area (Å²) in [5.41, 5.74) is 2.01. The third kappa shape index (κ3) is 3.40. The zero-order chi connectivity index (χ0) is 17.2. The van der Waals surface area contributed by atoms with Gasteiger partial charge in [0.25, 0.3) is 0 Å². The number of rotatable bonds is 6. The van der Waals surface area contributed by atoms with Gasteiger partial charge in [-0.25, -0.2) is 13.1 Å². The zero-order valence-corrected chi connectivity index (χ0v) is 14.6. The summed E-state index contributed by atoms with van der Waals surface area (Å²) in [6.45, 7) is 0.276. The first-order valence-electron chi connectivity index (χ1n) is 7.39. The molecule has 0 bridgehead atoms. The fraction of sp³-hybridized carbons (Fsp3) is 0.176. The predicted molar refractivity (Wildman–Crippen MR) is 95.2 cm³/mol. The molecule has 0 unspecified atom stereocenters. The molecule has 0 saturated carbocycles. The Morgan fingerprint density at radius 1 is 1.21 bits per heavy atom. The summed E-state index contributed by atoms with van der Waals surface area (Å²) >= 11 is 5.96. The molecule has 126 valence electrons. The van der Waals surface area contributed by atoms with Gasteiger partial charge < -0.3 is 9.72 Å². The van der Waals surface area contributed by atoms with Gasteiger partial charge in [-0.3, -0.25) is 0 Å². The maximum atomic E-state index is 12.3. The second kappa shape index (κ2) is 6.84. The highest BCUT2D eigenvalue weighted by Gasteiger charge is 2.17. The number of ether oxygens (including phenoxy) is 1. The highest BCUT2D eigenvalue weighted by Crippen LogP contribution is 2.24. The Hall–Kier alpha value is -2.02.